The Labute approximate surface area is 96.6 Å². The van der Waals surface area contributed by atoms with E-state index in [0.29, 0.717) is 25.4 Å². The molecule has 1 atom stereocenters. The molecule has 2 saturated heterocycles. The molecule has 16 heavy (non-hydrogen) atoms. The van der Waals surface area contributed by atoms with Crippen LogP contribution < -0.4 is 0 Å². The maximum absolute atomic E-state index is 12.0. The number of carbonyl (C=O) groups excluding carboxylic acids is 1. The Morgan fingerprint density at radius 3 is 2.62 bits per heavy atom. The average molecular weight is 227 g/mol. The number of amides is 1. The molecule has 1 N–H and O–H groups in total. The second-order valence-corrected chi connectivity index (χ2v) is 5.68. The maximum atomic E-state index is 12.0. The first kappa shape index (κ1) is 11.9. The molecule has 92 valence electrons. The summed E-state index contributed by atoms with van der Waals surface area (Å²) in [7, 11) is 0. The van der Waals surface area contributed by atoms with Crippen LogP contribution in [0.1, 0.15) is 26.7 Å². The van der Waals surface area contributed by atoms with Crippen LogP contribution in [0.4, 0.5) is 0 Å². The molecule has 1 unspecified atom stereocenters. The van der Waals surface area contributed by atoms with Crippen LogP contribution in [-0.4, -0.2) is 48.3 Å². The van der Waals surface area contributed by atoms with E-state index in [1.54, 1.807) is 4.90 Å². The third kappa shape index (κ3) is 2.38. The van der Waals surface area contributed by atoms with E-state index in [2.05, 4.69) is 13.8 Å². The van der Waals surface area contributed by atoms with Crippen molar-refractivity contribution < 1.29 is 14.6 Å². The summed E-state index contributed by atoms with van der Waals surface area (Å²) in [5.74, 6) is 0.678. The Morgan fingerprint density at radius 1 is 1.50 bits per heavy atom. The van der Waals surface area contributed by atoms with Gasteiger partial charge in [0.05, 0.1) is 19.3 Å². The van der Waals surface area contributed by atoms with Crippen molar-refractivity contribution in [1.29, 1.82) is 0 Å². The van der Waals surface area contributed by atoms with Crippen LogP contribution in [0.15, 0.2) is 0 Å². The molecule has 2 heterocycles. The normalized spacial score (nSPS) is 26.9. The van der Waals surface area contributed by atoms with Gasteiger partial charge in [-0.1, -0.05) is 13.8 Å². The van der Waals surface area contributed by atoms with Crippen LogP contribution in [0, 0.1) is 11.3 Å². The van der Waals surface area contributed by atoms with Gasteiger partial charge in [0, 0.05) is 25.4 Å². The summed E-state index contributed by atoms with van der Waals surface area (Å²) in [4.78, 5) is 13.8. The number of likely N-dealkylation sites (tertiary alicyclic amines) is 1. The number of rotatable bonds is 3. The third-order valence-corrected chi connectivity index (χ3v) is 3.87. The second kappa shape index (κ2) is 4.34. The number of β-amino-alcohol motifs (C(OH)–C–C–N with tert-alkyl or cyclic N) is 1. The Bertz CT molecular complexity index is 273. The summed E-state index contributed by atoms with van der Waals surface area (Å²) in [6, 6.07) is 0. The van der Waals surface area contributed by atoms with E-state index in [9.17, 15) is 9.90 Å². The minimum Gasteiger partial charge on any atom is -0.391 e. The predicted molar refractivity (Wildman–Crippen MR) is 59.9 cm³/mol. The zero-order chi connectivity index (χ0) is 11.8. The highest BCUT2D eigenvalue weighted by Crippen LogP contribution is 2.36. The quantitative estimate of drug-likeness (QED) is 0.770. The van der Waals surface area contributed by atoms with Gasteiger partial charge in [-0.05, 0) is 11.8 Å². The molecule has 0 spiro atoms. The highest BCUT2D eigenvalue weighted by Gasteiger charge is 2.38. The number of ether oxygens (including phenoxy) is 1. The Hall–Kier alpha value is -0.610. The first-order valence-corrected chi connectivity index (χ1v) is 6.02. The molecule has 2 aliphatic rings. The van der Waals surface area contributed by atoms with E-state index in [-0.39, 0.29) is 17.4 Å². The van der Waals surface area contributed by atoms with Crippen LogP contribution in [0.5, 0.6) is 0 Å². The lowest BCUT2D eigenvalue weighted by Crippen LogP contribution is -2.43. The van der Waals surface area contributed by atoms with E-state index < -0.39 is 0 Å². The minimum atomic E-state index is -0.320. The summed E-state index contributed by atoms with van der Waals surface area (Å²) in [6.45, 7) is 7.04. The van der Waals surface area contributed by atoms with E-state index in [0.717, 1.165) is 19.6 Å². The molecule has 0 aromatic heterocycles. The van der Waals surface area contributed by atoms with Gasteiger partial charge in [0.2, 0.25) is 5.91 Å². The van der Waals surface area contributed by atoms with Crippen molar-refractivity contribution >= 4 is 5.91 Å². The molecule has 0 aliphatic carbocycles. The van der Waals surface area contributed by atoms with E-state index in [1.165, 1.54) is 0 Å². The molecular weight excluding hydrogens is 206 g/mol. The molecule has 2 aliphatic heterocycles. The van der Waals surface area contributed by atoms with Crippen LogP contribution in [0.2, 0.25) is 0 Å². The molecule has 0 aromatic carbocycles. The molecule has 0 aromatic rings. The lowest BCUT2D eigenvalue weighted by Gasteiger charge is -2.40. The zero-order valence-corrected chi connectivity index (χ0v) is 10.1. The number of hydrogen-bond donors (Lipinski definition) is 1. The van der Waals surface area contributed by atoms with Crippen molar-refractivity contribution in [3.63, 3.8) is 0 Å². The van der Waals surface area contributed by atoms with Gasteiger partial charge in [0.25, 0.3) is 0 Å². The summed E-state index contributed by atoms with van der Waals surface area (Å²) in [6.07, 6.45) is 0.964. The van der Waals surface area contributed by atoms with Crippen molar-refractivity contribution in [3.8, 4) is 0 Å². The largest absolute Gasteiger partial charge is 0.391 e. The van der Waals surface area contributed by atoms with Crippen molar-refractivity contribution in [2.45, 2.75) is 32.8 Å². The molecule has 0 radical (unpaired) electrons. The monoisotopic (exact) mass is 227 g/mol. The topological polar surface area (TPSA) is 49.8 Å². The van der Waals surface area contributed by atoms with Crippen LogP contribution in [-0.2, 0) is 9.53 Å². The average Bonchev–Trinajstić information content (AvgIpc) is 2.46. The van der Waals surface area contributed by atoms with Gasteiger partial charge in [0.15, 0.2) is 0 Å². The van der Waals surface area contributed by atoms with E-state index in [4.69, 9.17) is 4.74 Å². The van der Waals surface area contributed by atoms with Gasteiger partial charge in [-0.25, -0.2) is 0 Å². The number of nitrogens with zero attached hydrogens (tertiary/aromatic N) is 1. The van der Waals surface area contributed by atoms with Gasteiger partial charge in [-0.15, -0.1) is 0 Å². The van der Waals surface area contributed by atoms with E-state index in [1.807, 2.05) is 0 Å². The van der Waals surface area contributed by atoms with E-state index >= 15 is 0 Å². The zero-order valence-electron chi connectivity index (χ0n) is 10.1. The van der Waals surface area contributed by atoms with Crippen molar-refractivity contribution in [1.82, 2.24) is 4.90 Å². The van der Waals surface area contributed by atoms with Gasteiger partial charge in [-0.3, -0.25) is 4.79 Å². The maximum Gasteiger partial charge on any atom is 0.223 e. The highest BCUT2D eigenvalue weighted by atomic mass is 16.5. The predicted octanol–water partition coefficient (Wildman–Crippen LogP) is 0.642. The van der Waals surface area contributed by atoms with Gasteiger partial charge >= 0.3 is 0 Å². The Balaban J connectivity index is 1.86. The highest BCUT2D eigenvalue weighted by molar-refractivity contribution is 5.77. The fourth-order valence-corrected chi connectivity index (χ4v) is 2.30. The summed E-state index contributed by atoms with van der Waals surface area (Å²) in [5.41, 5.74) is 0.0167. The molecular formula is C12H21NO3. The Morgan fingerprint density at radius 2 is 2.19 bits per heavy atom. The number of aliphatic hydroxyl groups excluding tert-OH is 1. The number of aliphatic hydroxyl groups is 1. The molecule has 4 heteroatoms. The van der Waals surface area contributed by atoms with Gasteiger partial charge < -0.3 is 14.7 Å². The van der Waals surface area contributed by atoms with Gasteiger partial charge in [-0.2, -0.15) is 0 Å². The summed E-state index contributed by atoms with van der Waals surface area (Å²) in [5, 5.41) is 9.40. The summed E-state index contributed by atoms with van der Waals surface area (Å²) >= 11 is 0. The summed E-state index contributed by atoms with van der Waals surface area (Å²) < 4.78 is 5.18. The van der Waals surface area contributed by atoms with Crippen LogP contribution >= 0.6 is 0 Å². The molecule has 2 rings (SSSR count). The van der Waals surface area contributed by atoms with Crippen LogP contribution in [0.3, 0.4) is 0 Å². The van der Waals surface area contributed by atoms with Gasteiger partial charge in [0.1, 0.15) is 0 Å². The lowest BCUT2D eigenvalue weighted by molar-refractivity contribution is -0.139. The first-order valence-electron chi connectivity index (χ1n) is 6.02. The van der Waals surface area contributed by atoms with Crippen molar-refractivity contribution in [2.75, 3.05) is 26.3 Å². The van der Waals surface area contributed by atoms with Crippen molar-refractivity contribution in [3.05, 3.63) is 0 Å². The standard InChI is InChI=1S/C12H21NO3/c1-12(2,9-7-16-8-9)5-11(15)13-4-3-10(14)6-13/h9-10,14H,3-8H2,1-2H3. The molecule has 4 nitrogen and oxygen atoms in total. The molecule has 2 fully saturated rings. The lowest BCUT2D eigenvalue weighted by atomic mass is 9.75. The number of hydrogen-bond acceptors (Lipinski definition) is 3. The fourth-order valence-electron chi connectivity index (χ4n) is 2.30. The Kier molecular flexibility index (Phi) is 3.22. The molecule has 1 amide bonds. The number of carbonyl (C=O) groups is 1. The fraction of sp³-hybridized carbons (Fsp3) is 0.917. The second-order valence-electron chi connectivity index (χ2n) is 5.68. The molecule has 0 bridgehead atoms. The smallest absolute Gasteiger partial charge is 0.223 e. The van der Waals surface area contributed by atoms with Crippen LogP contribution in [0.25, 0.3) is 0 Å². The minimum absolute atomic E-state index is 0.0167. The SMILES string of the molecule is CC(C)(CC(=O)N1CCC(O)C1)C1COC1. The third-order valence-electron chi connectivity index (χ3n) is 3.87. The van der Waals surface area contributed by atoms with Crippen molar-refractivity contribution in [2.24, 2.45) is 11.3 Å². The molecule has 0 saturated carbocycles. The first-order chi connectivity index (χ1) is 7.49.